The number of rotatable bonds is 2. The van der Waals surface area contributed by atoms with Crippen LogP contribution in [0.15, 0.2) is 12.1 Å². The molecule has 2 rings (SSSR count). The molecule has 0 aromatic heterocycles. The highest BCUT2D eigenvalue weighted by Gasteiger charge is 2.19. The molecule has 0 fully saturated rings. The number of ether oxygens (including phenoxy) is 1. The summed E-state index contributed by atoms with van der Waals surface area (Å²) in [5.41, 5.74) is 2.64. The molecular formula is C13H18O2. The molecule has 0 spiro atoms. The molecule has 0 bridgehead atoms. The number of aromatic hydroxyl groups is 1. The number of phenolic OH excluding ortho intramolecular Hbond substituents is 1. The van der Waals surface area contributed by atoms with Crippen molar-refractivity contribution in [2.45, 2.75) is 32.6 Å². The Balaban J connectivity index is 2.33. The SMILES string of the molecule is CCC1CCc2cc(O)c(OC)cc2C1. The highest BCUT2D eigenvalue weighted by Crippen LogP contribution is 2.35. The van der Waals surface area contributed by atoms with Gasteiger partial charge in [-0.2, -0.15) is 0 Å². The van der Waals surface area contributed by atoms with Crippen LogP contribution in [0, 0.1) is 5.92 Å². The van der Waals surface area contributed by atoms with Crippen molar-refractivity contribution in [2.24, 2.45) is 5.92 Å². The topological polar surface area (TPSA) is 29.5 Å². The largest absolute Gasteiger partial charge is 0.504 e. The fourth-order valence-electron chi connectivity index (χ4n) is 2.36. The van der Waals surface area contributed by atoms with Crippen molar-refractivity contribution in [2.75, 3.05) is 7.11 Å². The van der Waals surface area contributed by atoms with Crippen LogP contribution in [0.5, 0.6) is 11.5 Å². The second-order valence-electron chi connectivity index (χ2n) is 4.31. The fraction of sp³-hybridized carbons (Fsp3) is 0.538. The molecule has 0 radical (unpaired) electrons. The summed E-state index contributed by atoms with van der Waals surface area (Å²) in [6.07, 6.45) is 4.70. The van der Waals surface area contributed by atoms with E-state index < -0.39 is 0 Å². The molecule has 1 aromatic carbocycles. The number of fused-ring (bicyclic) bond motifs is 1. The zero-order valence-corrected chi connectivity index (χ0v) is 9.42. The van der Waals surface area contributed by atoms with E-state index in [1.165, 1.54) is 24.0 Å². The summed E-state index contributed by atoms with van der Waals surface area (Å²) >= 11 is 0. The zero-order chi connectivity index (χ0) is 10.8. The van der Waals surface area contributed by atoms with Crippen molar-refractivity contribution in [1.29, 1.82) is 0 Å². The minimum atomic E-state index is 0.270. The third kappa shape index (κ3) is 1.94. The number of phenols is 1. The lowest BCUT2D eigenvalue weighted by molar-refractivity contribution is 0.369. The van der Waals surface area contributed by atoms with Gasteiger partial charge in [-0.15, -0.1) is 0 Å². The first-order valence-corrected chi connectivity index (χ1v) is 5.63. The van der Waals surface area contributed by atoms with Gasteiger partial charge in [-0.1, -0.05) is 13.3 Å². The maximum absolute atomic E-state index is 9.66. The van der Waals surface area contributed by atoms with E-state index in [9.17, 15) is 5.11 Å². The monoisotopic (exact) mass is 206 g/mol. The van der Waals surface area contributed by atoms with Crippen LogP contribution in [0.1, 0.15) is 30.9 Å². The van der Waals surface area contributed by atoms with Gasteiger partial charge in [0.15, 0.2) is 11.5 Å². The number of benzene rings is 1. The van der Waals surface area contributed by atoms with E-state index >= 15 is 0 Å². The summed E-state index contributed by atoms with van der Waals surface area (Å²) in [6, 6.07) is 3.85. The molecule has 0 heterocycles. The highest BCUT2D eigenvalue weighted by molar-refractivity contribution is 5.47. The van der Waals surface area contributed by atoms with E-state index in [2.05, 4.69) is 6.92 Å². The van der Waals surface area contributed by atoms with Gasteiger partial charge in [0.05, 0.1) is 7.11 Å². The van der Waals surface area contributed by atoms with Crippen LogP contribution in [-0.4, -0.2) is 12.2 Å². The fourth-order valence-corrected chi connectivity index (χ4v) is 2.36. The van der Waals surface area contributed by atoms with Crippen LogP contribution in [0.25, 0.3) is 0 Å². The van der Waals surface area contributed by atoms with E-state index in [1.807, 2.05) is 12.1 Å². The number of aryl methyl sites for hydroxylation is 1. The first kappa shape index (κ1) is 10.3. The van der Waals surface area contributed by atoms with Crippen molar-refractivity contribution in [3.63, 3.8) is 0 Å². The van der Waals surface area contributed by atoms with Crippen LogP contribution in [0.2, 0.25) is 0 Å². The predicted molar refractivity (Wildman–Crippen MR) is 60.5 cm³/mol. The molecule has 1 aliphatic carbocycles. The van der Waals surface area contributed by atoms with Crippen molar-refractivity contribution >= 4 is 0 Å². The standard InChI is InChI=1S/C13H18O2/c1-3-9-4-5-10-7-12(14)13(15-2)8-11(10)6-9/h7-9,14H,3-6H2,1-2H3. The van der Waals surface area contributed by atoms with Gasteiger partial charge < -0.3 is 9.84 Å². The predicted octanol–water partition coefficient (Wildman–Crippen LogP) is 2.92. The zero-order valence-electron chi connectivity index (χ0n) is 9.42. The van der Waals surface area contributed by atoms with Crippen LogP contribution >= 0.6 is 0 Å². The highest BCUT2D eigenvalue weighted by atomic mass is 16.5. The van der Waals surface area contributed by atoms with Crippen LogP contribution in [0.3, 0.4) is 0 Å². The Hall–Kier alpha value is -1.18. The van der Waals surface area contributed by atoms with E-state index in [-0.39, 0.29) is 5.75 Å². The van der Waals surface area contributed by atoms with Crippen molar-refractivity contribution in [1.82, 2.24) is 0 Å². The Labute approximate surface area is 90.9 Å². The summed E-state index contributed by atoms with van der Waals surface area (Å²) in [7, 11) is 1.60. The Bertz CT molecular complexity index is 358. The second kappa shape index (κ2) is 4.13. The van der Waals surface area contributed by atoms with Gasteiger partial charge in [-0.05, 0) is 48.4 Å². The molecule has 0 amide bonds. The summed E-state index contributed by atoms with van der Waals surface area (Å²) < 4.78 is 5.13. The quantitative estimate of drug-likeness (QED) is 0.806. The van der Waals surface area contributed by atoms with Gasteiger partial charge in [0.25, 0.3) is 0 Å². The van der Waals surface area contributed by atoms with E-state index in [0.29, 0.717) is 5.75 Å². The number of hydrogen-bond donors (Lipinski definition) is 1. The average molecular weight is 206 g/mol. The van der Waals surface area contributed by atoms with Crippen molar-refractivity contribution in [3.8, 4) is 11.5 Å². The van der Waals surface area contributed by atoms with Gasteiger partial charge in [-0.25, -0.2) is 0 Å². The molecule has 0 saturated heterocycles. The normalized spacial score (nSPS) is 19.7. The van der Waals surface area contributed by atoms with Gasteiger partial charge in [-0.3, -0.25) is 0 Å². The van der Waals surface area contributed by atoms with Crippen LogP contribution < -0.4 is 4.74 Å². The molecule has 1 N–H and O–H groups in total. The Morgan fingerprint density at radius 3 is 2.87 bits per heavy atom. The molecular weight excluding hydrogens is 188 g/mol. The van der Waals surface area contributed by atoms with Crippen LogP contribution in [-0.2, 0) is 12.8 Å². The molecule has 1 unspecified atom stereocenters. The molecule has 1 aromatic rings. The Morgan fingerprint density at radius 2 is 2.20 bits per heavy atom. The molecule has 1 aliphatic rings. The number of hydrogen-bond acceptors (Lipinski definition) is 2. The maximum Gasteiger partial charge on any atom is 0.160 e. The summed E-state index contributed by atoms with van der Waals surface area (Å²) in [6.45, 7) is 2.24. The molecule has 0 saturated carbocycles. The lowest BCUT2D eigenvalue weighted by Gasteiger charge is -2.24. The summed E-state index contributed by atoms with van der Waals surface area (Å²) in [4.78, 5) is 0. The third-order valence-corrected chi connectivity index (χ3v) is 3.41. The van der Waals surface area contributed by atoms with Crippen molar-refractivity contribution in [3.05, 3.63) is 23.3 Å². The number of methoxy groups -OCH3 is 1. The average Bonchev–Trinajstić information content (AvgIpc) is 2.27. The third-order valence-electron chi connectivity index (χ3n) is 3.41. The van der Waals surface area contributed by atoms with E-state index in [0.717, 1.165) is 18.8 Å². The lowest BCUT2D eigenvalue weighted by Crippen LogP contribution is -2.13. The molecule has 82 valence electrons. The molecule has 15 heavy (non-hydrogen) atoms. The minimum absolute atomic E-state index is 0.270. The van der Waals surface area contributed by atoms with Gasteiger partial charge in [0, 0.05) is 0 Å². The Kier molecular flexibility index (Phi) is 2.85. The van der Waals surface area contributed by atoms with Gasteiger partial charge >= 0.3 is 0 Å². The summed E-state index contributed by atoms with van der Waals surface area (Å²) in [5, 5.41) is 9.66. The summed E-state index contributed by atoms with van der Waals surface area (Å²) in [5.74, 6) is 1.67. The van der Waals surface area contributed by atoms with Gasteiger partial charge in [0.1, 0.15) is 0 Å². The molecule has 2 heteroatoms. The molecule has 2 nitrogen and oxygen atoms in total. The smallest absolute Gasteiger partial charge is 0.160 e. The Morgan fingerprint density at radius 1 is 1.40 bits per heavy atom. The van der Waals surface area contributed by atoms with Crippen LogP contribution in [0.4, 0.5) is 0 Å². The van der Waals surface area contributed by atoms with Crippen molar-refractivity contribution < 1.29 is 9.84 Å². The first-order chi connectivity index (χ1) is 7.24. The molecule has 1 atom stereocenters. The maximum atomic E-state index is 9.66. The van der Waals surface area contributed by atoms with E-state index in [4.69, 9.17) is 4.74 Å². The molecule has 0 aliphatic heterocycles. The minimum Gasteiger partial charge on any atom is -0.504 e. The van der Waals surface area contributed by atoms with E-state index in [1.54, 1.807) is 7.11 Å². The second-order valence-corrected chi connectivity index (χ2v) is 4.31. The lowest BCUT2D eigenvalue weighted by atomic mass is 9.82. The first-order valence-electron chi connectivity index (χ1n) is 5.63. The van der Waals surface area contributed by atoms with Gasteiger partial charge in [0.2, 0.25) is 0 Å².